The minimum atomic E-state index is -1.07. The second kappa shape index (κ2) is 7.85. The van der Waals surface area contributed by atoms with Crippen molar-refractivity contribution in [1.29, 1.82) is 0 Å². The Morgan fingerprint density at radius 3 is 2.37 bits per heavy atom. The third-order valence-corrected chi connectivity index (χ3v) is 5.52. The standard InChI is InChI=1S/C21H11F2NO4S2/c22-13-7-12(8-14(23)9-13)17-6-5-16(28-17)10-18-19(25)24(21(29)30-18)15-3-1-11(2-4-15)20(26)27/h1-10H,(H,26,27)/b18-10+. The average Bonchev–Trinajstić information content (AvgIpc) is 3.26. The summed E-state index contributed by atoms with van der Waals surface area (Å²) in [5, 5.41) is 8.99. The molecule has 0 saturated carbocycles. The van der Waals surface area contributed by atoms with Crippen LogP contribution in [0.3, 0.4) is 0 Å². The number of carboxylic acids is 1. The molecule has 2 aromatic carbocycles. The van der Waals surface area contributed by atoms with Crippen molar-refractivity contribution >= 4 is 51.9 Å². The molecule has 150 valence electrons. The van der Waals surface area contributed by atoms with Gasteiger partial charge in [0.1, 0.15) is 23.2 Å². The second-order valence-corrected chi connectivity index (χ2v) is 7.91. The largest absolute Gasteiger partial charge is 0.478 e. The maximum atomic E-state index is 13.4. The molecule has 0 atom stereocenters. The summed E-state index contributed by atoms with van der Waals surface area (Å²) < 4.78 is 32.7. The Morgan fingerprint density at radius 2 is 1.73 bits per heavy atom. The Balaban J connectivity index is 1.59. The molecule has 4 rings (SSSR count). The first-order valence-electron chi connectivity index (χ1n) is 8.49. The van der Waals surface area contributed by atoms with Gasteiger partial charge in [0.25, 0.3) is 5.91 Å². The van der Waals surface area contributed by atoms with Crippen LogP contribution in [0.15, 0.2) is 63.9 Å². The van der Waals surface area contributed by atoms with Crippen molar-refractivity contribution in [1.82, 2.24) is 0 Å². The molecule has 0 spiro atoms. The molecule has 3 aromatic rings. The van der Waals surface area contributed by atoms with Crippen LogP contribution in [-0.4, -0.2) is 21.3 Å². The highest BCUT2D eigenvalue weighted by Gasteiger charge is 2.33. The van der Waals surface area contributed by atoms with Gasteiger partial charge in [0.05, 0.1) is 16.2 Å². The van der Waals surface area contributed by atoms with Gasteiger partial charge in [0.2, 0.25) is 0 Å². The normalized spacial score (nSPS) is 15.3. The van der Waals surface area contributed by atoms with Gasteiger partial charge in [-0.2, -0.15) is 0 Å². The van der Waals surface area contributed by atoms with E-state index in [-0.39, 0.29) is 27.1 Å². The van der Waals surface area contributed by atoms with E-state index in [9.17, 15) is 18.4 Å². The number of furan rings is 1. The summed E-state index contributed by atoms with van der Waals surface area (Å²) in [6.07, 6.45) is 1.49. The summed E-state index contributed by atoms with van der Waals surface area (Å²) in [5.74, 6) is -2.34. The molecule has 1 saturated heterocycles. The van der Waals surface area contributed by atoms with E-state index in [1.807, 2.05) is 0 Å². The van der Waals surface area contributed by atoms with E-state index in [4.69, 9.17) is 21.7 Å². The summed E-state index contributed by atoms with van der Waals surface area (Å²) in [4.78, 5) is 25.4. The first kappa shape index (κ1) is 20.0. The molecular weight excluding hydrogens is 432 g/mol. The highest BCUT2D eigenvalue weighted by atomic mass is 32.2. The fourth-order valence-electron chi connectivity index (χ4n) is 2.85. The molecule has 0 bridgehead atoms. The van der Waals surface area contributed by atoms with Gasteiger partial charge in [0.15, 0.2) is 4.32 Å². The molecule has 1 aromatic heterocycles. The van der Waals surface area contributed by atoms with Gasteiger partial charge >= 0.3 is 5.97 Å². The van der Waals surface area contributed by atoms with Gasteiger partial charge in [-0.1, -0.05) is 24.0 Å². The molecule has 2 heterocycles. The number of thioether (sulfide) groups is 1. The predicted molar refractivity (Wildman–Crippen MR) is 113 cm³/mol. The zero-order valence-electron chi connectivity index (χ0n) is 15.0. The summed E-state index contributed by atoms with van der Waals surface area (Å²) in [6.45, 7) is 0. The highest BCUT2D eigenvalue weighted by Crippen LogP contribution is 2.36. The molecule has 5 nitrogen and oxygen atoms in total. The molecule has 30 heavy (non-hydrogen) atoms. The van der Waals surface area contributed by atoms with Gasteiger partial charge in [0, 0.05) is 17.7 Å². The van der Waals surface area contributed by atoms with Gasteiger partial charge in [-0.05, 0) is 48.5 Å². The van der Waals surface area contributed by atoms with E-state index in [0.29, 0.717) is 16.4 Å². The number of rotatable bonds is 4. The maximum absolute atomic E-state index is 13.4. The fraction of sp³-hybridized carbons (Fsp3) is 0. The van der Waals surface area contributed by atoms with E-state index in [1.165, 1.54) is 35.2 Å². The smallest absolute Gasteiger partial charge is 0.335 e. The quantitative estimate of drug-likeness (QED) is 0.434. The third-order valence-electron chi connectivity index (χ3n) is 4.21. The van der Waals surface area contributed by atoms with E-state index < -0.39 is 17.6 Å². The zero-order chi connectivity index (χ0) is 21.4. The predicted octanol–water partition coefficient (Wildman–Crippen LogP) is 5.33. The lowest BCUT2D eigenvalue weighted by atomic mass is 10.1. The number of carbonyl (C=O) groups is 2. The molecular formula is C21H11F2NO4S2. The number of benzene rings is 2. The Labute approximate surface area is 178 Å². The van der Waals surface area contributed by atoms with E-state index >= 15 is 0 Å². The van der Waals surface area contributed by atoms with Crippen LogP contribution < -0.4 is 4.90 Å². The van der Waals surface area contributed by atoms with E-state index in [1.54, 1.807) is 12.1 Å². The first-order valence-corrected chi connectivity index (χ1v) is 9.72. The number of anilines is 1. The molecule has 0 radical (unpaired) electrons. The van der Waals surface area contributed by atoms with Gasteiger partial charge in [-0.25, -0.2) is 13.6 Å². The molecule has 1 aliphatic heterocycles. The number of aromatic carboxylic acids is 1. The van der Waals surface area contributed by atoms with Crippen molar-refractivity contribution < 1.29 is 27.9 Å². The van der Waals surface area contributed by atoms with Crippen molar-refractivity contribution in [2.45, 2.75) is 0 Å². The minimum Gasteiger partial charge on any atom is -0.478 e. The minimum absolute atomic E-state index is 0.0941. The van der Waals surface area contributed by atoms with Crippen LogP contribution in [0.2, 0.25) is 0 Å². The number of carboxylic acid groups (broad SMARTS) is 1. The summed E-state index contributed by atoms with van der Waals surface area (Å²) >= 11 is 6.35. The Morgan fingerprint density at radius 1 is 1.07 bits per heavy atom. The molecule has 1 aliphatic rings. The Kier molecular flexibility index (Phi) is 5.23. The monoisotopic (exact) mass is 443 g/mol. The Bertz CT molecular complexity index is 1200. The molecule has 9 heteroatoms. The number of thiocarbonyl (C=S) groups is 1. The maximum Gasteiger partial charge on any atom is 0.335 e. The topological polar surface area (TPSA) is 70.8 Å². The van der Waals surface area contributed by atoms with Gasteiger partial charge in [-0.15, -0.1) is 0 Å². The number of hydrogen-bond donors (Lipinski definition) is 1. The van der Waals surface area contributed by atoms with Gasteiger partial charge < -0.3 is 9.52 Å². The second-order valence-electron chi connectivity index (χ2n) is 6.23. The number of amides is 1. The van der Waals surface area contributed by atoms with Crippen LogP contribution in [0.5, 0.6) is 0 Å². The van der Waals surface area contributed by atoms with Crippen LogP contribution in [0.4, 0.5) is 14.5 Å². The molecule has 1 amide bonds. The van der Waals surface area contributed by atoms with Crippen LogP contribution in [0.1, 0.15) is 16.1 Å². The third kappa shape index (κ3) is 3.89. The van der Waals surface area contributed by atoms with Crippen LogP contribution in [0.25, 0.3) is 17.4 Å². The van der Waals surface area contributed by atoms with Crippen molar-refractivity contribution in [3.8, 4) is 11.3 Å². The van der Waals surface area contributed by atoms with E-state index in [0.717, 1.165) is 30.0 Å². The van der Waals surface area contributed by atoms with E-state index in [2.05, 4.69) is 0 Å². The van der Waals surface area contributed by atoms with Gasteiger partial charge in [-0.3, -0.25) is 9.69 Å². The summed E-state index contributed by atoms with van der Waals surface area (Å²) in [5.41, 5.74) is 0.774. The lowest BCUT2D eigenvalue weighted by Gasteiger charge is -2.14. The lowest BCUT2D eigenvalue weighted by molar-refractivity contribution is -0.113. The lowest BCUT2D eigenvalue weighted by Crippen LogP contribution is -2.27. The number of halogens is 2. The van der Waals surface area contributed by atoms with Crippen LogP contribution in [-0.2, 0) is 4.79 Å². The SMILES string of the molecule is O=C(O)c1ccc(N2C(=O)/C(=C\c3ccc(-c4cc(F)cc(F)c4)o3)SC2=S)cc1. The van der Waals surface area contributed by atoms with Crippen molar-refractivity contribution in [3.05, 3.63) is 82.5 Å². The zero-order valence-corrected chi connectivity index (χ0v) is 16.6. The van der Waals surface area contributed by atoms with Crippen molar-refractivity contribution in [3.63, 3.8) is 0 Å². The fourth-order valence-corrected chi connectivity index (χ4v) is 4.13. The summed E-state index contributed by atoms with van der Waals surface area (Å²) in [6, 6.07) is 12.0. The Hall–Kier alpha value is -3.30. The average molecular weight is 443 g/mol. The first-order chi connectivity index (χ1) is 14.3. The molecule has 0 aliphatic carbocycles. The number of carbonyl (C=O) groups excluding carboxylic acids is 1. The van der Waals surface area contributed by atoms with Crippen LogP contribution in [0, 0.1) is 11.6 Å². The summed E-state index contributed by atoms with van der Waals surface area (Å²) in [7, 11) is 0. The molecule has 1 N–H and O–H groups in total. The molecule has 1 fully saturated rings. The van der Waals surface area contributed by atoms with Crippen LogP contribution >= 0.6 is 24.0 Å². The number of nitrogens with zero attached hydrogens (tertiary/aromatic N) is 1. The number of hydrogen-bond acceptors (Lipinski definition) is 5. The molecule has 0 unspecified atom stereocenters. The van der Waals surface area contributed by atoms with Crippen molar-refractivity contribution in [2.24, 2.45) is 0 Å². The van der Waals surface area contributed by atoms with Crippen molar-refractivity contribution in [2.75, 3.05) is 4.90 Å². The highest BCUT2D eigenvalue weighted by molar-refractivity contribution is 8.27.